The molecule has 0 aliphatic carbocycles. The molecule has 1 amide bonds. The highest BCUT2D eigenvalue weighted by Crippen LogP contribution is 2.38. The third-order valence-electron chi connectivity index (χ3n) is 6.04. The fourth-order valence-electron chi connectivity index (χ4n) is 4.42. The Morgan fingerprint density at radius 3 is 2.55 bits per heavy atom. The molecule has 7 heteroatoms. The molecule has 1 atom stereocenters. The number of likely N-dealkylation sites (tertiary alicyclic amines) is 1. The van der Waals surface area contributed by atoms with Crippen molar-refractivity contribution in [2.24, 2.45) is 0 Å². The summed E-state index contributed by atoms with van der Waals surface area (Å²) in [5.74, 6) is 1.57. The van der Waals surface area contributed by atoms with E-state index in [1.54, 1.807) is 14.2 Å². The van der Waals surface area contributed by atoms with Gasteiger partial charge in [-0.15, -0.1) is 0 Å². The fraction of sp³-hybridized carbons (Fsp3) is 0.458. The molecule has 1 N–H and O–H groups in total. The molecule has 2 aliphatic heterocycles. The van der Waals surface area contributed by atoms with E-state index in [-0.39, 0.29) is 11.9 Å². The van der Waals surface area contributed by atoms with Gasteiger partial charge >= 0.3 is 0 Å². The number of amides is 1. The van der Waals surface area contributed by atoms with Crippen LogP contribution < -0.4 is 19.7 Å². The molecular weight excluding hydrogens is 394 g/mol. The van der Waals surface area contributed by atoms with E-state index >= 15 is 0 Å². The zero-order valence-corrected chi connectivity index (χ0v) is 18.3. The molecule has 4 rings (SSSR count). The second kappa shape index (κ2) is 10.0. The summed E-state index contributed by atoms with van der Waals surface area (Å²) in [6.45, 7) is 4.56. The summed E-state index contributed by atoms with van der Waals surface area (Å²) < 4.78 is 16.3. The number of hydrogen-bond acceptors (Lipinski definition) is 6. The van der Waals surface area contributed by atoms with Gasteiger partial charge in [-0.3, -0.25) is 9.69 Å². The van der Waals surface area contributed by atoms with E-state index in [4.69, 9.17) is 14.2 Å². The second-order valence-electron chi connectivity index (χ2n) is 7.93. The van der Waals surface area contributed by atoms with Crippen molar-refractivity contribution in [3.63, 3.8) is 0 Å². The lowest BCUT2D eigenvalue weighted by atomic mass is 10.0. The standard InChI is InChI=1S/C24H31N3O4/c1-29-20-9-10-21(23(16-20)30-2)22-4-3-11-27(22)17-24(28)25-18-5-7-19(8-6-18)26-12-14-31-15-13-26/h5-10,16,22H,3-4,11-15,17H2,1-2H3,(H,25,28)/t22-/m1/s1. The first-order chi connectivity index (χ1) is 15.2. The number of methoxy groups -OCH3 is 2. The minimum atomic E-state index is -0.00139. The minimum absolute atomic E-state index is 0.00139. The van der Waals surface area contributed by atoms with Crippen LogP contribution in [0.15, 0.2) is 42.5 Å². The van der Waals surface area contributed by atoms with E-state index < -0.39 is 0 Å². The monoisotopic (exact) mass is 425 g/mol. The summed E-state index contributed by atoms with van der Waals surface area (Å²) in [6.07, 6.45) is 2.06. The normalized spacial score (nSPS) is 19.3. The van der Waals surface area contributed by atoms with Crippen molar-refractivity contribution < 1.29 is 19.0 Å². The van der Waals surface area contributed by atoms with Gasteiger partial charge in [0.15, 0.2) is 0 Å². The van der Waals surface area contributed by atoms with E-state index in [0.29, 0.717) is 6.54 Å². The number of carbonyl (C=O) groups excluding carboxylic acids is 1. The molecule has 0 radical (unpaired) electrons. The Morgan fingerprint density at radius 1 is 1.06 bits per heavy atom. The van der Waals surface area contributed by atoms with Crippen LogP contribution in [0.25, 0.3) is 0 Å². The van der Waals surface area contributed by atoms with Crippen LogP contribution in [0.5, 0.6) is 11.5 Å². The number of anilines is 2. The molecule has 31 heavy (non-hydrogen) atoms. The minimum Gasteiger partial charge on any atom is -0.497 e. The maximum absolute atomic E-state index is 12.8. The Kier molecular flexibility index (Phi) is 6.94. The fourth-order valence-corrected chi connectivity index (χ4v) is 4.42. The molecular formula is C24H31N3O4. The van der Waals surface area contributed by atoms with Crippen molar-refractivity contribution >= 4 is 17.3 Å². The van der Waals surface area contributed by atoms with Gasteiger partial charge < -0.3 is 24.4 Å². The maximum atomic E-state index is 12.8. The summed E-state index contributed by atoms with van der Waals surface area (Å²) in [6, 6.07) is 14.1. The number of rotatable bonds is 7. The van der Waals surface area contributed by atoms with Crippen molar-refractivity contribution in [3.8, 4) is 11.5 Å². The van der Waals surface area contributed by atoms with Crippen LogP contribution in [0.2, 0.25) is 0 Å². The van der Waals surface area contributed by atoms with E-state index in [0.717, 1.165) is 74.1 Å². The number of nitrogens with zero attached hydrogens (tertiary/aromatic N) is 2. The lowest BCUT2D eigenvalue weighted by Crippen LogP contribution is -2.36. The highest BCUT2D eigenvalue weighted by molar-refractivity contribution is 5.92. The molecule has 0 unspecified atom stereocenters. The molecule has 2 saturated heterocycles. The lowest BCUT2D eigenvalue weighted by molar-refractivity contribution is -0.117. The number of nitrogens with one attached hydrogen (secondary N) is 1. The average molecular weight is 426 g/mol. The Bertz CT molecular complexity index is 881. The largest absolute Gasteiger partial charge is 0.497 e. The van der Waals surface area contributed by atoms with Gasteiger partial charge in [0.25, 0.3) is 0 Å². The van der Waals surface area contributed by atoms with Gasteiger partial charge in [-0.05, 0) is 49.7 Å². The quantitative estimate of drug-likeness (QED) is 0.734. The van der Waals surface area contributed by atoms with Crippen molar-refractivity contribution in [2.45, 2.75) is 18.9 Å². The van der Waals surface area contributed by atoms with Crippen molar-refractivity contribution in [1.82, 2.24) is 4.90 Å². The zero-order chi connectivity index (χ0) is 21.6. The molecule has 0 bridgehead atoms. The van der Waals surface area contributed by atoms with Crippen molar-refractivity contribution in [2.75, 3.05) is 63.8 Å². The number of carbonyl (C=O) groups is 1. The highest BCUT2D eigenvalue weighted by atomic mass is 16.5. The molecule has 7 nitrogen and oxygen atoms in total. The Morgan fingerprint density at radius 2 is 1.84 bits per heavy atom. The molecule has 0 spiro atoms. The van der Waals surface area contributed by atoms with E-state index in [9.17, 15) is 4.79 Å². The number of morpholine rings is 1. The molecule has 2 aromatic carbocycles. The highest BCUT2D eigenvalue weighted by Gasteiger charge is 2.30. The number of hydrogen-bond donors (Lipinski definition) is 1. The van der Waals surface area contributed by atoms with Crippen LogP contribution in [-0.4, -0.2) is 64.4 Å². The van der Waals surface area contributed by atoms with Gasteiger partial charge in [-0.25, -0.2) is 0 Å². The topological polar surface area (TPSA) is 63.3 Å². The Balaban J connectivity index is 1.38. The van der Waals surface area contributed by atoms with Crippen molar-refractivity contribution in [3.05, 3.63) is 48.0 Å². The average Bonchev–Trinajstić information content (AvgIpc) is 3.27. The zero-order valence-electron chi connectivity index (χ0n) is 18.3. The Labute approximate surface area is 183 Å². The summed E-state index contributed by atoms with van der Waals surface area (Å²) in [5.41, 5.74) is 3.08. The molecule has 166 valence electrons. The SMILES string of the molecule is COc1ccc([C@H]2CCCN2CC(=O)Nc2ccc(N3CCOCC3)cc2)c(OC)c1. The first-order valence-corrected chi connectivity index (χ1v) is 10.9. The third kappa shape index (κ3) is 5.11. The summed E-state index contributed by atoms with van der Waals surface area (Å²) in [5, 5.41) is 3.04. The molecule has 2 heterocycles. The van der Waals surface area contributed by atoms with E-state index in [1.807, 2.05) is 30.3 Å². The van der Waals surface area contributed by atoms with Gasteiger partial charge in [-0.1, -0.05) is 6.07 Å². The van der Waals surface area contributed by atoms with E-state index in [2.05, 4.69) is 27.2 Å². The van der Waals surface area contributed by atoms with Gasteiger partial charge in [0.05, 0.1) is 34.0 Å². The maximum Gasteiger partial charge on any atom is 0.238 e. The van der Waals surface area contributed by atoms with Crippen LogP contribution >= 0.6 is 0 Å². The second-order valence-corrected chi connectivity index (χ2v) is 7.93. The number of ether oxygens (including phenoxy) is 3. The van der Waals surface area contributed by atoms with Gasteiger partial charge in [0.2, 0.25) is 5.91 Å². The van der Waals surface area contributed by atoms with Gasteiger partial charge in [0, 0.05) is 42.1 Å². The molecule has 2 fully saturated rings. The summed E-state index contributed by atoms with van der Waals surface area (Å²) in [4.78, 5) is 17.3. The number of benzene rings is 2. The van der Waals surface area contributed by atoms with Gasteiger partial charge in [0.1, 0.15) is 11.5 Å². The molecule has 2 aliphatic rings. The predicted molar refractivity (Wildman–Crippen MR) is 121 cm³/mol. The molecule has 0 saturated carbocycles. The molecule has 2 aromatic rings. The van der Waals surface area contributed by atoms with Crippen LogP contribution in [0.3, 0.4) is 0 Å². The summed E-state index contributed by atoms with van der Waals surface area (Å²) in [7, 11) is 3.32. The molecule has 0 aromatic heterocycles. The smallest absolute Gasteiger partial charge is 0.238 e. The first-order valence-electron chi connectivity index (χ1n) is 10.9. The lowest BCUT2D eigenvalue weighted by Gasteiger charge is -2.29. The van der Waals surface area contributed by atoms with Crippen molar-refractivity contribution in [1.29, 1.82) is 0 Å². The van der Waals surface area contributed by atoms with Crippen LogP contribution in [0.4, 0.5) is 11.4 Å². The van der Waals surface area contributed by atoms with Crippen LogP contribution in [-0.2, 0) is 9.53 Å². The van der Waals surface area contributed by atoms with Crippen LogP contribution in [0, 0.1) is 0 Å². The predicted octanol–water partition coefficient (Wildman–Crippen LogP) is 3.32. The van der Waals surface area contributed by atoms with Gasteiger partial charge in [-0.2, -0.15) is 0 Å². The van der Waals surface area contributed by atoms with Crippen LogP contribution in [0.1, 0.15) is 24.4 Å². The third-order valence-corrected chi connectivity index (χ3v) is 6.04. The summed E-state index contributed by atoms with van der Waals surface area (Å²) >= 11 is 0. The Hall–Kier alpha value is -2.77. The van der Waals surface area contributed by atoms with E-state index in [1.165, 1.54) is 0 Å². The first kappa shape index (κ1) is 21.5.